The fraction of sp³-hybridized carbons (Fsp3) is 0.500. The number of carbonyl (C=O) groups is 2. The van der Waals surface area contributed by atoms with E-state index in [9.17, 15) is 46.0 Å². The van der Waals surface area contributed by atoms with E-state index in [0.29, 0.717) is 6.08 Å². The van der Waals surface area contributed by atoms with Crippen LogP contribution in [0.1, 0.15) is 31.4 Å². The van der Waals surface area contributed by atoms with E-state index in [1.807, 2.05) is 0 Å². The maximum Gasteiger partial charge on any atom is 0.573 e. The normalized spacial score (nSPS) is 15.9. The van der Waals surface area contributed by atoms with E-state index in [2.05, 4.69) is 23.8 Å². The van der Waals surface area contributed by atoms with Crippen molar-refractivity contribution in [2.75, 3.05) is 13.4 Å². The summed E-state index contributed by atoms with van der Waals surface area (Å²) in [5, 5.41) is 9.00. The molecule has 17 heteroatoms. The van der Waals surface area contributed by atoms with Crippen molar-refractivity contribution in [1.29, 1.82) is 0 Å². The molecule has 0 bridgehead atoms. The summed E-state index contributed by atoms with van der Waals surface area (Å²) in [5.41, 5.74) is -1.48. The number of nitrogens with zero attached hydrogens (tertiary/aromatic N) is 1. The molecular weight excluding hydrogens is 528 g/mol. The van der Waals surface area contributed by atoms with E-state index >= 15 is 0 Å². The summed E-state index contributed by atoms with van der Waals surface area (Å²) >= 11 is 0. The van der Waals surface area contributed by atoms with Crippen LogP contribution in [0.15, 0.2) is 17.7 Å². The number of ether oxygens (including phenoxy) is 5. The Balaban J connectivity index is 2.14. The average Bonchev–Trinajstić information content (AvgIpc) is 2.75. The SMILES string of the molecule is CCc1cc(OC(F)(F)F)cc2c1OC(C(F)(F)F)C(C(=O)OCOC(=O)OC(C)CCO[N+](=O)[O-])=C2. The van der Waals surface area contributed by atoms with E-state index in [1.165, 1.54) is 13.8 Å². The van der Waals surface area contributed by atoms with Gasteiger partial charge in [0.15, 0.2) is 0 Å². The zero-order valence-corrected chi connectivity index (χ0v) is 19.0. The zero-order chi connectivity index (χ0) is 28.0. The van der Waals surface area contributed by atoms with Crippen LogP contribution < -0.4 is 9.47 Å². The number of hydrogen-bond donors (Lipinski definition) is 0. The van der Waals surface area contributed by atoms with Crippen molar-refractivity contribution in [1.82, 2.24) is 0 Å². The van der Waals surface area contributed by atoms with Crippen LogP contribution >= 0.6 is 0 Å². The minimum Gasteiger partial charge on any atom is -0.475 e. The summed E-state index contributed by atoms with van der Waals surface area (Å²) in [6, 6.07) is 1.60. The fourth-order valence-electron chi connectivity index (χ4n) is 2.99. The molecule has 0 fully saturated rings. The van der Waals surface area contributed by atoms with Gasteiger partial charge in [0.25, 0.3) is 5.09 Å². The van der Waals surface area contributed by atoms with Crippen LogP contribution in [0.3, 0.4) is 0 Å². The first-order valence-electron chi connectivity index (χ1n) is 10.3. The molecule has 0 N–H and O–H groups in total. The second-order valence-corrected chi connectivity index (χ2v) is 7.26. The quantitative estimate of drug-likeness (QED) is 0.136. The lowest BCUT2D eigenvalue weighted by atomic mass is 9.97. The Labute approximate surface area is 203 Å². The summed E-state index contributed by atoms with van der Waals surface area (Å²) in [5.74, 6) is -2.79. The van der Waals surface area contributed by atoms with Crippen molar-refractivity contribution >= 4 is 18.2 Å². The Morgan fingerprint density at radius 1 is 1.16 bits per heavy atom. The molecule has 2 atom stereocenters. The third-order valence-corrected chi connectivity index (χ3v) is 4.53. The molecule has 206 valence electrons. The number of benzene rings is 1. The third-order valence-electron chi connectivity index (χ3n) is 4.53. The predicted molar refractivity (Wildman–Crippen MR) is 107 cm³/mol. The Morgan fingerprint density at radius 2 is 1.84 bits per heavy atom. The molecule has 37 heavy (non-hydrogen) atoms. The maximum atomic E-state index is 13.6. The van der Waals surface area contributed by atoms with E-state index < -0.39 is 72.4 Å². The van der Waals surface area contributed by atoms with Gasteiger partial charge in [0, 0.05) is 12.0 Å². The van der Waals surface area contributed by atoms with Crippen LogP contribution in [0.5, 0.6) is 11.5 Å². The molecule has 0 amide bonds. The van der Waals surface area contributed by atoms with Crippen LogP contribution in [-0.2, 0) is 30.3 Å². The van der Waals surface area contributed by atoms with Gasteiger partial charge < -0.3 is 28.5 Å². The van der Waals surface area contributed by atoms with Gasteiger partial charge >= 0.3 is 24.7 Å². The van der Waals surface area contributed by atoms with Crippen molar-refractivity contribution in [3.63, 3.8) is 0 Å². The molecule has 2 rings (SSSR count). The van der Waals surface area contributed by atoms with Gasteiger partial charge in [-0.25, -0.2) is 9.59 Å². The number of halogens is 6. The predicted octanol–water partition coefficient (Wildman–Crippen LogP) is 4.50. The maximum absolute atomic E-state index is 13.6. The summed E-state index contributed by atoms with van der Waals surface area (Å²) in [6.45, 7) is 1.19. The summed E-state index contributed by atoms with van der Waals surface area (Å²) in [7, 11) is 0. The number of rotatable bonds is 10. The van der Waals surface area contributed by atoms with Gasteiger partial charge in [-0.2, -0.15) is 13.2 Å². The summed E-state index contributed by atoms with van der Waals surface area (Å²) in [4.78, 5) is 38.0. The molecule has 1 aromatic rings. The average molecular weight is 547 g/mol. The Morgan fingerprint density at radius 3 is 2.41 bits per heavy atom. The van der Waals surface area contributed by atoms with Crippen molar-refractivity contribution < 1.29 is 69.5 Å². The molecule has 1 aromatic carbocycles. The first kappa shape index (κ1) is 29.3. The number of esters is 1. The van der Waals surface area contributed by atoms with E-state index in [1.54, 1.807) is 0 Å². The lowest BCUT2D eigenvalue weighted by molar-refractivity contribution is -0.758. The second-order valence-electron chi connectivity index (χ2n) is 7.26. The van der Waals surface area contributed by atoms with Gasteiger partial charge in [0.2, 0.25) is 12.9 Å². The van der Waals surface area contributed by atoms with Gasteiger partial charge in [-0.15, -0.1) is 23.3 Å². The van der Waals surface area contributed by atoms with E-state index in [0.717, 1.165) is 12.1 Å². The largest absolute Gasteiger partial charge is 0.573 e. The highest BCUT2D eigenvalue weighted by Gasteiger charge is 2.49. The van der Waals surface area contributed by atoms with Gasteiger partial charge in [-0.3, -0.25) is 0 Å². The van der Waals surface area contributed by atoms with Crippen LogP contribution in [0.25, 0.3) is 6.08 Å². The van der Waals surface area contributed by atoms with Crippen LogP contribution in [0.4, 0.5) is 31.1 Å². The molecule has 1 aliphatic heterocycles. The van der Waals surface area contributed by atoms with Gasteiger partial charge in [-0.05, 0) is 37.1 Å². The number of aryl methyl sites for hydroxylation is 1. The van der Waals surface area contributed by atoms with E-state index in [-0.39, 0.29) is 24.0 Å². The number of hydrogen-bond acceptors (Lipinski definition) is 10. The molecular formula is C20H19F6NO10. The highest BCUT2D eigenvalue weighted by Crippen LogP contribution is 2.42. The lowest BCUT2D eigenvalue weighted by Crippen LogP contribution is -2.41. The van der Waals surface area contributed by atoms with Crippen LogP contribution in [0.2, 0.25) is 0 Å². The molecule has 0 saturated carbocycles. The minimum atomic E-state index is -5.13. The van der Waals surface area contributed by atoms with Crippen molar-refractivity contribution in [2.45, 2.75) is 51.4 Å². The van der Waals surface area contributed by atoms with Crippen molar-refractivity contribution in [2.24, 2.45) is 0 Å². The van der Waals surface area contributed by atoms with Crippen molar-refractivity contribution in [3.05, 3.63) is 38.9 Å². The standard InChI is InChI=1S/C20H19F6NO10/c1-3-11-6-13(37-20(24,25)26)7-12-8-14(16(19(21,22)23)36-15(11)12)17(28)32-9-33-18(29)35-10(2)4-5-34-27(30)31/h6-8,10,16H,3-5,9H2,1-2H3. The number of carbonyl (C=O) groups excluding carboxylic acids is 2. The van der Waals surface area contributed by atoms with Gasteiger partial charge in [-0.1, -0.05) is 6.92 Å². The first-order valence-corrected chi connectivity index (χ1v) is 10.3. The Hall–Kier alpha value is -3.92. The third kappa shape index (κ3) is 8.91. The molecule has 0 aromatic heterocycles. The first-order chi connectivity index (χ1) is 17.1. The zero-order valence-electron chi connectivity index (χ0n) is 19.0. The van der Waals surface area contributed by atoms with Gasteiger partial charge in [0.05, 0.1) is 12.2 Å². The highest BCUT2D eigenvalue weighted by atomic mass is 19.4. The Bertz CT molecular complexity index is 1040. The van der Waals surface area contributed by atoms with Crippen LogP contribution in [0, 0.1) is 10.1 Å². The monoisotopic (exact) mass is 547 g/mol. The highest BCUT2D eigenvalue weighted by molar-refractivity contribution is 5.96. The van der Waals surface area contributed by atoms with Crippen molar-refractivity contribution in [3.8, 4) is 11.5 Å². The molecule has 1 aliphatic rings. The topological polar surface area (TPSA) is 133 Å². The molecule has 0 spiro atoms. The lowest BCUT2D eigenvalue weighted by Gasteiger charge is -2.29. The molecule has 1 heterocycles. The molecule has 11 nitrogen and oxygen atoms in total. The summed E-state index contributed by atoms with van der Waals surface area (Å²) < 4.78 is 101. The second kappa shape index (κ2) is 11.9. The number of fused-ring (bicyclic) bond motifs is 1. The number of alkyl halides is 6. The van der Waals surface area contributed by atoms with E-state index in [4.69, 9.17) is 4.74 Å². The summed E-state index contributed by atoms with van der Waals surface area (Å²) in [6.07, 6.45) is -14.9. The van der Waals surface area contributed by atoms with Crippen LogP contribution in [-0.4, -0.2) is 55.4 Å². The molecule has 2 unspecified atom stereocenters. The molecule has 0 radical (unpaired) electrons. The molecule has 0 saturated heterocycles. The van der Waals surface area contributed by atoms with Gasteiger partial charge in [0.1, 0.15) is 17.6 Å². The Kier molecular flexibility index (Phi) is 9.41. The fourth-order valence-corrected chi connectivity index (χ4v) is 2.99. The minimum absolute atomic E-state index is 0.0257. The molecule has 0 aliphatic carbocycles. The smallest absolute Gasteiger partial charge is 0.475 e.